The Balaban J connectivity index is 1.86. The average molecular weight is 350 g/mol. The van der Waals surface area contributed by atoms with Crippen LogP contribution in [0.4, 0.5) is 5.69 Å². The summed E-state index contributed by atoms with van der Waals surface area (Å²) in [6, 6.07) is 8.16. The molecule has 1 aliphatic carbocycles. The van der Waals surface area contributed by atoms with Gasteiger partial charge in [0.1, 0.15) is 0 Å². The van der Waals surface area contributed by atoms with Crippen molar-refractivity contribution in [2.75, 3.05) is 5.32 Å². The van der Waals surface area contributed by atoms with Crippen molar-refractivity contribution in [2.24, 2.45) is 0 Å². The summed E-state index contributed by atoms with van der Waals surface area (Å²) in [5.74, 6) is -0.0113. The number of nitrogens with one attached hydrogen (secondary N) is 1. The van der Waals surface area contributed by atoms with E-state index in [4.69, 9.17) is 0 Å². The molecular formula is C16H16BrNOS. The summed E-state index contributed by atoms with van der Waals surface area (Å²) in [7, 11) is 0. The van der Waals surface area contributed by atoms with Crippen LogP contribution in [-0.2, 0) is 12.8 Å². The monoisotopic (exact) mass is 349 g/mol. The molecule has 20 heavy (non-hydrogen) atoms. The summed E-state index contributed by atoms with van der Waals surface area (Å²) >= 11 is 4.95. The van der Waals surface area contributed by atoms with Gasteiger partial charge in [0.05, 0.1) is 8.66 Å². The predicted octanol–water partition coefficient (Wildman–Crippen LogP) is 4.95. The van der Waals surface area contributed by atoms with E-state index in [1.54, 1.807) is 0 Å². The normalized spacial score (nSPS) is 13.9. The zero-order valence-corrected chi connectivity index (χ0v) is 13.7. The van der Waals surface area contributed by atoms with E-state index in [9.17, 15) is 4.79 Å². The van der Waals surface area contributed by atoms with Crippen LogP contribution < -0.4 is 5.32 Å². The first kappa shape index (κ1) is 13.8. The second-order valence-corrected chi connectivity index (χ2v) is 7.54. The molecule has 2 aromatic rings. The number of rotatable bonds is 2. The first-order valence-corrected chi connectivity index (χ1v) is 8.44. The van der Waals surface area contributed by atoms with Crippen LogP contribution in [-0.4, -0.2) is 5.91 Å². The second-order valence-electron chi connectivity index (χ2n) is 5.17. The van der Waals surface area contributed by atoms with Crippen molar-refractivity contribution in [1.82, 2.24) is 0 Å². The Morgan fingerprint density at radius 1 is 1.30 bits per heavy atom. The Morgan fingerprint density at radius 2 is 2.10 bits per heavy atom. The van der Waals surface area contributed by atoms with E-state index in [1.807, 2.05) is 25.1 Å². The van der Waals surface area contributed by atoms with Crippen LogP contribution in [0.3, 0.4) is 0 Å². The molecule has 0 atom stereocenters. The number of carbonyl (C=O) groups excluding carboxylic acids is 1. The van der Waals surface area contributed by atoms with Gasteiger partial charge < -0.3 is 5.32 Å². The Bertz CT molecular complexity index is 643. The van der Waals surface area contributed by atoms with Gasteiger partial charge in [-0.05, 0) is 77.4 Å². The number of hydrogen-bond donors (Lipinski definition) is 1. The minimum atomic E-state index is -0.0113. The van der Waals surface area contributed by atoms with Gasteiger partial charge in [-0.3, -0.25) is 4.79 Å². The highest BCUT2D eigenvalue weighted by Crippen LogP contribution is 2.30. The van der Waals surface area contributed by atoms with Crippen molar-refractivity contribution < 1.29 is 4.79 Å². The van der Waals surface area contributed by atoms with Gasteiger partial charge in [0.25, 0.3) is 5.91 Å². The SMILES string of the molecule is Cc1cc(C(=O)Nc2cccc3c2CCCC3)sc1Br. The maximum absolute atomic E-state index is 12.3. The summed E-state index contributed by atoms with van der Waals surface area (Å²) in [6.45, 7) is 2.00. The number of aryl methyl sites for hydroxylation is 2. The zero-order valence-electron chi connectivity index (χ0n) is 11.3. The Kier molecular flexibility index (Phi) is 3.94. The molecule has 104 valence electrons. The number of benzene rings is 1. The van der Waals surface area contributed by atoms with Crippen molar-refractivity contribution in [3.8, 4) is 0 Å². The summed E-state index contributed by atoms with van der Waals surface area (Å²) in [4.78, 5) is 13.1. The topological polar surface area (TPSA) is 29.1 Å². The number of anilines is 1. The van der Waals surface area contributed by atoms with Crippen molar-refractivity contribution in [3.63, 3.8) is 0 Å². The lowest BCUT2D eigenvalue weighted by Crippen LogP contribution is -2.14. The molecule has 1 N–H and O–H groups in total. The molecule has 2 nitrogen and oxygen atoms in total. The van der Waals surface area contributed by atoms with Crippen LogP contribution in [0, 0.1) is 6.92 Å². The molecule has 0 unspecified atom stereocenters. The average Bonchev–Trinajstić information content (AvgIpc) is 2.79. The van der Waals surface area contributed by atoms with E-state index in [2.05, 4.69) is 27.3 Å². The molecule has 1 aliphatic rings. The molecule has 1 aromatic carbocycles. The molecule has 0 aliphatic heterocycles. The van der Waals surface area contributed by atoms with Gasteiger partial charge in [0, 0.05) is 5.69 Å². The summed E-state index contributed by atoms with van der Waals surface area (Å²) in [6.07, 6.45) is 4.66. The minimum absolute atomic E-state index is 0.0113. The maximum atomic E-state index is 12.3. The Morgan fingerprint density at radius 3 is 2.85 bits per heavy atom. The highest BCUT2D eigenvalue weighted by Gasteiger charge is 2.16. The predicted molar refractivity (Wildman–Crippen MR) is 87.8 cm³/mol. The van der Waals surface area contributed by atoms with Gasteiger partial charge in [-0.25, -0.2) is 0 Å². The van der Waals surface area contributed by atoms with Crippen molar-refractivity contribution in [1.29, 1.82) is 0 Å². The molecule has 0 spiro atoms. The third kappa shape index (κ3) is 2.67. The van der Waals surface area contributed by atoms with Gasteiger partial charge in [-0.15, -0.1) is 11.3 Å². The standard InChI is InChI=1S/C16H16BrNOS/c1-10-9-14(20-15(10)17)16(19)18-13-8-4-6-11-5-2-3-7-12(11)13/h4,6,8-9H,2-3,5,7H2,1H3,(H,18,19). The number of amides is 1. The number of fused-ring (bicyclic) bond motifs is 1. The molecule has 0 saturated heterocycles. The molecule has 1 amide bonds. The maximum Gasteiger partial charge on any atom is 0.265 e. The first-order valence-electron chi connectivity index (χ1n) is 6.83. The van der Waals surface area contributed by atoms with E-state index in [-0.39, 0.29) is 5.91 Å². The van der Waals surface area contributed by atoms with E-state index in [0.717, 1.165) is 32.8 Å². The van der Waals surface area contributed by atoms with Crippen LogP contribution in [0.15, 0.2) is 28.1 Å². The van der Waals surface area contributed by atoms with Gasteiger partial charge in [0.2, 0.25) is 0 Å². The number of carbonyl (C=O) groups is 1. The molecular weight excluding hydrogens is 334 g/mol. The van der Waals surface area contributed by atoms with E-state index in [0.29, 0.717) is 0 Å². The molecule has 3 rings (SSSR count). The highest BCUT2D eigenvalue weighted by atomic mass is 79.9. The Labute approximate surface area is 131 Å². The molecule has 0 fully saturated rings. The van der Waals surface area contributed by atoms with Crippen LogP contribution in [0.25, 0.3) is 0 Å². The van der Waals surface area contributed by atoms with Crippen LogP contribution in [0.5, 0.6) is 0 Å². The quantitative estimate of drug-likeness (QED) is 0.816. The zero-order chi connectivity index (χ0) is 14.1. The van der Waals surface area contributed by atoms with Crippen molar-refractivity contribution in [2.45, 2.75) is 32.6 Å². The lowest BCUT2D eigenvalue weighted by molar-refractivity contribution is 0.103. The van der Waals surface area contributed by atoms with Gasteiger partial charge in [-0.2, -0.15) is 0 Å². The number of hydrogen-bond acceptors (Lipinski definition) is 2. The lowest BCUT2D eigenvalue weighted by Gasteiger charge is -2.19. The van der Waals surface area contributed by atoms with Crippen LogP contribution in [0.1, 0.15) is 39.2 Å². The highest BCUT2D eigenvalue weighted by molar-refractivity contribution is 9.11. The molecule has 1 aromatic heterocycles. The lowest BCUT2D eigenvalue weighted by atomic mass is 9.90. The molecule has 0 bridgehead atoms. The molecule has 4 heteroatoms. The Hall–Kier alpha value is -1.13. The fraction of sp³-hybridized carbons (Fsp3) is 0.312. The van der Waals surface area contributed by atoms with E-state index in [1.165, 1.54) is 35.3 Å². The summed E-state index contributed by atoms with van der Waals surface area (Å²) in [5, 5.41) is 3.08. The third-order valence-corrected chi connectivity index (χ3v) is 5.86. The summed E-state index contributed by atoms with van der Waals surface area (Å²) in [5.41, 5.74) is 4.79. The van der Waals surface area contributed by atoms with Gasteiger partial charge >= 0.3 is 0 Å². The molecule has 0 saturated carbocycles. The first-order chi connectivity index (χ1) is 9.65. The molecule has 0 radical (unpaired) electrons. The second kappa shape index (κ2) is 5.70. The van der Waals surface area contributed by atoms with Gasteiger partial charge in [-0.1, -0.05) is 12.1 Å². The third-order valence-electron chi connectivity index (χ3n) is 3.73. The van der Waals surface area contributed by atoms with Crippen molar-refractivity contribution in [3.05, 3.63) is 49.6 Å². The number of halogens is 1. The molecule has 1 heterocycles. The minimum Gasteiger partial charge on any atom is -0.321 e. The number of thiophene rings is 1. The smallest absolute Gasteiger partial charge is 0.265 e. The fourth-order valence-corrected chi connectivity index (χ4v) is 4.08. The largest absolute Gasteiger partial charge is 0.321 e. The van der Waals surface area contributed by atoms with Crippen molar-refractivity contribution >= 4 is 38.9 Å². The van der Waals surface area contributed by atoms with E-state index < -0.39 is 0 Å². The fourth-order valence-electron chi connectivity index (χ4n) is 2.65. The van der Waals surface area contributed by atoms with Crippen LogP contribution >= 0.6 is 27.3 Å². The summed E-state index contributed by atoms with van der Waals surface area (Å²) < 4.78 is 1.03. The van der Waals surface area contributed by atoms with Gasteiger partial charge in [0.15, 0.2) is 0 Å². The van der Waals surface area contributed by atoms with Crippen LogP contribution in [0.2, 0.25) is 0 Å². The van der Waals surface area contributed by atoms with E-state index >= 15 is 0 Å².